The van der Waals surface area contributed by atoms with Crippen LogP contribution in [0.25, 0.3) is 41.0 Å². The van der Waals surface area contributed by atoms with Gasteiger partial charge in [-0.1, -0.05) is 18.2 Å². The van der Waals surface area contributed by atoms with E-state index in [1.807, 2.05) is 12.1 Å². The smallest absolute Gasteiger partial charge is 0.180 e. The van der Waals surface area contributed by atoms with E-state index in [1.54, 1.807) is 23.9 Å². The van der Waals surface area contributed by atoms with Gasteiger partial charge in [0.05, 0.1) is 33.2 Å². The molecule has 120 valence electrons. The van der Waals surface area contributed by atoms with Gasteiger partial charge in [0.25, 0.3) is 0 Å². The molecule has 0 N–H and O–H groups in total. The molecule has 0 saturated carbocycles. The predicted octanol–water partition coefficient (Wildman–Crippen LogP) is 5.71. The summed E-state index contributed by atoms with van der Waals surface area (Å²) in [5, 5.41) is 5.50. The topological polar surface area (TPSA) is 47.3 Å². The fraction of sp³-hybridized carbons (Fsp3) is 0.100. The van der Waals surface area contributed by atoms with E-state index in [-0.39, 0.29) is 18.0 Å². The lowest BCUT2D eigenvalue weighted by Crippen LogP contribution is -2.17. The predicted molar refractivity (Wildman–Crippen MR) is 102 cm³/mol. The molecule has 0 bridgehead atoms. The van der Waals surface area contributed by atoms with Crippen LogP contribution >= 0.6 is 22.7 Å². The Morgan fingerprint density at radius 3 is 2.48 bits per heavy atom. The Balaban J connectivity index is 1.94. The van der Waals surface area contributed by atoms with Crippen molar-refractivity contribution >= 4 is 75.3 Å². The quantitative estimate of drug-likeness (QED) is 0.331. The molecule has 2 aromatic carbocycles. The van der Waals surface area contributed by atoms with Crippen molar-refractivity contribution in [2.24, 2.45) is 0 Å². The summed E-state index contributed by atoms with van der Waals surface area (Å²) in [6.07, 6.45) is 3.91. The average Bonchev–Trinajstić information content (AvgIpc) is 3.27. The Morgan fingerprint density at radius 2 is 1.60 bits per heavy atom. The number of ketones is 2. The third-order valence-corrected chi connectivity index (χ3v) is 7.60. The van der Waals surface area contributed by atoms with Gasteiger partial charge in [-0.25, -0.2) is 0 Å². The van der Waals surface area contributed by atoms with Crippen LogP contribution < -0.4 is 0 Å². The van der Waals surface area contributed by atoms with Crippen LogP contribution in [0, 0.1) is 0 Å². The first kappa shape index (κ1) is 13.8. The summed E-state index contributed by atoms with van der Waals surface area (Å²) in [5.74, 6) is -0.0383. The molecule has 0 spiro atoms. The molecular weight excluding hydrogens is 352 g/mol. The minimum atomic E-state index is -0.0432. The number of carbonyl (C=O) groups excluding carboxylic acids is 2. The number of fused-ring (bicyclic) bond motifs is 10. The van der Waals surface area contributed by atoms with Gasteiger partial charge in [-0.2, -0.15) is 0 Å². The molecule has 6 rings (SSSR count). The Kier molecular flexibility index (Phi) is 2.51. The standard InChI is InChI=1S/C20H10O3S2/c21-9-5-11-17-13-8-23-7-12(13)16-10-3-1-2-4-15(10)24-19(16)20(17)25-18(11)14(22)6-9/h1-4,7-8H,5-6H2. The number of furan rings is 1. The van der Waals surface area contributed by atoms with E-state index < -0.39 is 0 Å². The summed E-state index contributed by atoms with van der Waals surface area (Å²) >= 11 is 3.29. The van der Waals surface area contributed by atoms with E-state index in [0.717, 1.165) is 31.3 Å². The molecule has 5 aromatic rings. The lowest BCUT2D eigenvalue weighted by atomic mass is 9.92. The normalized spacial score (nSPS) is 15.0. The van der Waals surface area contributed by atoms with Crippen molar-refractivity contribution in [2.45, 2.75) is 12.8 Å². The number of hydrogen-bond acceptors (Lipinski definition) is 5. The van der Waals surface area contributed by atoms with E-state index in [9.17, 15) is 9.59 Å². The summed E-state index contributed by atoms with van der Waals surface area (Å²) in [5.41, 5.74) is 0.895. The molecule has 0 fully saturated rings. The van der Waals surface area contributed by atoms with Crippen LogP contribution in [0.15, 0.2) is 41.2 Å². The summed E-state index contributed by atoms with van der Waals surface area (Å²) in [4.78, 5) is 25.2. The van der Waals surface area contributed by atoms with Gasteiger partial charge in [-0.3, -0.25) is 9.59 Å². The van der Waals surface area contributed by atoms with E-state index in [0.29, 0.717) is 6.42 Å². The van der Waals surface area contributed by atoms with Crippen molar-refractivity contribution in [2.75, 3.05) is 0 Å². The van der Waals surface area contributed by atoms with Crippen LogP contribution in [0.1, 0.15) is 21.7 Å². The van der Waals surface area contributed by atoms with Crippen LogP contribution in [0.5, 0.6) is 0 Å². The molecule has 0 radical (unpaired) electrons. The van der Waals surface area contributed by atoms with Gasteiger partial charge in [0, 0.05) is 38.1 Å². The fourth-order valence-corrected chi connectivity index (χ4v) is 6.61. The zero-order chi connectivity index (χ0) is 16.7. The molecule has 3 nitrogen and oxygen atoms in total. The van der Waals surface area contributed by atoms with Crippen LogP contribution in [0.2, 0.25) is 0 Å². The van der Waals surface area contributed by atoms with Gasteiger partial charge in [-0.05, 0) is 11.6 Å². The molecule has 1 aliphatic carbocycles. The monoisotopic (exact) mass is 362 g/mol. The molecular formula is C20H10O3S2. The highest BCUT2D eigenvalue weighted by Gasteiger charge is 2.30. The van der Waals surface area contributed by atoms with Gasteiger partial charge >= 0.3 is 0 Å². The first-order valence-electron chi connectivity index (χ1n) is 8.02. The first-order chi connectivity index (χ1) is 12.2. The first-order valence-corrected chi connectivity index (χ1v) is 9.65. The number of carbonyl (C=O) groups is 2. The molecule has 1 aliphatic rings. The van der Waals surface area contributed by atoms with Gasteiger partial charge in [0.2, 0.25) is 0 Å². The van der Waals surface area contributed by atoms with E-state index >= 15 is 0 Å². The highest BCUT2D eigenvalue weighted by atomic mass is 32.1. The highest BCUT2D eigenvalue weighted by molar-refractivity contribution is 7.32. The van der Waals surface area contributed by atoms with Crippen LogP contribution in [0.3, 0.4) is 0 Å². The van der Waals surface area contributed by atoms with Gasteiger partial charge in [0.1, 0.15) is 5.78 Å². The summed E-state index contributed by atoms with van der Waals surface area (Å²) < 4.78 is 9.07. The van der Waals surface area contributed by atoms with Gasteiger partial charge in [0.15, 0.2) is 5.78 Å². The fourth-order valence-electron chi connectivity index (χ4n) is 3.98. The Morgan fingerprint density at radius 1 is 0.840 bits per heavy atom. The minimum absolute atomic E-state index is 0.00489. The molecule has 3 heterocycles. The van der Waals surface area contributed by atoms with Crippen molar-refractivity contribution < 1.29 is 14.0 Å². The lowest BCUT2D eigenvalue weighted by molar-refractivity contribution is -0.117. The third-order valence-electron chi connectivity index (χ3n) is 4.99. The number of thiophene rings is 2. The number of hydrogen-bond donors (Lipinski definition) is 0. The van der Waals surface area contributed by atoms with Gasteiger partial charge < -0.3 is 4.42 Å². The third kappa shape index (κ3) is 1.64. The second kappa shape index (κ2) is 4.56. The molecule has 25 heavy (non-hydrogen) atoms. The zero-order valence-corrected chi connectivity index (χ0v) is 14.6. The average molecular weight is 362 g/mol. The summed E-state index contributed by atoms with van der Waals surface area (Å²) in [6, 6.07) is 8.35. The number of benzene rings is 2. The van der Waals surface area contributed by atoms with E-state index in [1.165, 1.54) is 31.5 Å². The molecule has 0 aliphatic heterocycles. The van der Waals surface area contributed by atoms with Gasteiger partial charge in [-0.15, -0.1) is 22.7 Å². The molecule has 3 aromatic heterocycles. The van der Waals surface area contributed by atoms with Crippen molar-refractivity contribution in [1.82, 2.24) is 0 Å². The Hall–Kier alpha value is -2.50. The zero-order valence-electron chi connectivity index (χ0n) is 12.9. The van der Waals surface area contributed by atoms with Crippen molar-refractivity contribution in [3.05, 3.63) is 47.2 Å². The van der Waals surface area contributed by atoms with Crippen molar-refractivity contribution in [3.63, 3.8) is 0 Å². The molecule has 0 amide bonds. The second-order valence-corrected chi connectivity index (χ2v) is 8.50. The van der Waals surface area contributed by atoms with Crippen LogP contribution in [-0.2, 0) is 11.2 Å². The maximum absolute atomic E-state index is 12.4. The van der Waals surface area contributed by atoms with E-state index in [2.05, 4.69) is 12.1 Å². The highest BCUT2D eigenvalue weighted by Crippen LogP contribution is 2.49. The van der Waals surface area contributed by atoms with Crippen molar-refractivity contribution in [3.8, 4) is 0 Å². The SMILES string of the molecule is O=C1CC(=O)c2sc3c4sc5ccccc5c4c4cocc4c3c2C1. The minimum Gasteiger partial charge on any atom is -0.471 e. The largest absolute Gasteiger partial charge is 0.471 e. The van der Waals surface area contributed by atoms with Crippen LogP contribution in [0.4, 0.5) is 0 Å². The Bertz CT molecular complexity index is 1380. The lowest BCUT2D eigenvalue weighted by Gasteiger charge is -2.09. The molecule has 0 atom stereocenters. The second-order valence-electron chi connectivity index (χ2n) is 6.43. The summed E-state index contributed by atoms with van der Waals surface area (Å²) in [6.45, 7) is 0. The molecule has 5 heteroatoms. The van der Waals surface area contributed by atoms with E-state index in [4.69, 9.17) is 4.42 Å². The maximum Gasteiger partial charge on any atom is 0.180 e. The maximum atomic E-state index is 12.4. The number of Topliss-reactive ketones (excluding diaryl/α,β-unsaturated/α-hetero) is 2. The summed E-state index contributed by atoms with van der Waals surface area (Å²) in [7, 11) is 0. The van der Waals surface area contributed by atoms with Crippen LogP contribution in [-0.4, -0.2) is 11.6 Å². The molecule has 0 unspecified atom stereocenters. The molecule has 0 saturated heterocycles. The Labute approximate surface area is 149 Å². The number of rotatable bonds is 0. The van der Waals surface area contributed by atoms with Crippen molar-refractivity contribution in [1.29, 1.82) is 0 Å².